The second-order valence-corrected chi connectivity index (χ2v) is 4.74. The summed E-state index contributed by atoms with van der Waals surface area (Å²) in [7, 11) is 2.92. The monoisotopic (exact) mass is 298 g/mol. The maximum atomic E-state index is 13.5. The van der Waals surface area contributed by atoms with Crippen molar-refractivity contribution in [3.05, 3.63) is 35.4 Å². The normalized spacial score (nSPS) is 13.2. The van der Waals surface area contributed by atoms with Crippen molar-refractivity contribution >= 4 is 32.7 Å². The summed E-state index contributed by atoms with van der Waals surface area (Å²) < 4.78 is 26.9. The summed E-state index contributed by atoms with van der Waals surface area (Å²) in [5, 5.41) is 10.0. The second kappa shape index (κ2) is 6.57. The standard InChI is InChI=1S/C13H17F2N4P/c1-3-10(13(14,15)20)12(18-2)19-9-4-5-11(17)8(6-9)7-16/h3-7,16H,17,20H2,1-2H3,(H,18,19)/b10-3+,16-7?. The molecule has 0 saturated carbocycles. The smallest absolute Gasteiger partial charge is 0.287 e. The molecule has 1 unspecified atom stereocenters. The van der Waals surface area contributed by atoms with Crippen molar-refractivity contribution in [3.63, 3.8) is 0 Å². The summed E-state index contributed by atoms with van der Waals surface area (Å²) in [6.07, 6.45) is 2.40. The minimum atomic E-state index is -3.07. The molecule has 1 aromatic rings. The van der Waals surface area contributed by atoms with Crippen LogP contribution in [-0.4, -0.2) is 24.8 Å². The van der Waals surface area contributed by atoms with Gasteiger partial charge in [-0.25, -0.2) is 0 Å². The molecular weight excluding hydrogens is 281 g/mol. The fraction of sp³-hybridized carbons (Fsp3) is 0.231. The number of anilines is 2. The molecule has 1 rings (SSSR count). The van der Waals surface area contributed by atoms with Crippen LogP contribution in [0.2, 0.25) is 0 Å². The van der Waals surface area contributed by atoms with E-state index in [4.69, 9.17) is 11.1 Å². The highest BCUT2D eigenvalue weighted by Gasteiger charge is 2.30. The lowest BCUT2D eigenvalue weighted by Gasteiger charge is -2.18. The minimum Gasteiger partial charge on any atom is -0.398 e. The number of amidine groups is 1. The largest absolute Gasteiger partial charge is 0.398 e. The Morgan fingerprint density at radius 1 is 1.50 bits per heavy atom. The molecule has 20 heavy (non-hydrogen) atoms. The Kier molecular flexibility index (Phi) is 5.34. The number of hydrogen-bond acceptors (Lipinski definition) is 3. The van der Waals surface area contributed by atoms with Gasteiger partial charge in [0.05, 0.1) is 5.57 Å². The lowest BCUT2D eigenvalue weighted by molar-refractivity contribution is 0.153. The van der Waals surface area contributed by atoms with Gasteiger partial charge in [0.25, 0.3) is 5.66 Å². The average Bonchev–Trinajstić information content (AvgIpc) is 2.38. The van der Waals surface area contributed by atoms with Crippen molar-refractivity contribution in [1.29, 1.82) is 5.41 Å². The highest BCUT2D eigenvalue weighted by Crippen LogP contribution is 2.32. The minimum absolute atomic E-state index is 0.0632. The van der Waals surface area contributed by atoms with Gasteiger partial charge in [-0.15, -0.1) is 0 Å². The van der Waals surface area contributed by atoms with Crippen molar-refractivity contribution in [1.82, 2.24) is 0 Å². The molecule has 0 aliphatic carbocycles. The number of nitrogens with two attached hydrogens (primary N) is 1. The van der Waals surface area contributed by atoms with Crippen molar-refractivity contribution in [2.24, 2.45) is 4.99 Å². The van der Waals surface area contributed by atoms with Gasteiger partial charge in [-0.2, -0.15) is 8.78 Å². The summed E-state index contributed by atoms with van der Waals surface area (Å²) in [6, 6.07) is 4.84. The molecule has 0 amide bonds. The van der Waals surface area contributed by atoms with E-state index in [9.17, 15) is 8.78 Å². The molecule has 0 radical (unpaired) electrons. The fourth-order valence-electron chi connectivity index (χ4n) is 1.64. The molecular formula is C13H17F2N4P. The van der Waals surface area contributed by atoms with Crippen LogP contribution >= 0.6 is 9.24 Å². The van der Waals surface area contributed by atoms with E-state index < -0.39 is 5.66 Å². The second-order valence-electron chi connectivity index (χ2n) is 4.01. The van der Waals surface area contributed by atoms with Crippen LogP contribution in [0.4, 0.5) is 20.2 Å². The molecule has 7 heteroatoms. The molecule has 1 atom stereocenters. The first-order valence-electron chi connectivity index (χ1n) is 5.81. The summed E-state index contributed by atoms with van der Waals surface area (Å²) in [5.41, 5.74) is 3.86. The lowest BCUT2D eigenvalue weighted by Crippen LogP contribution is -2.24. The molecule has 1 aromatic carbocycles. The number of nitrogen functional groups attached to an aromatic ring is 1. The lowest BCUT2D eigenvalue weighted by atomic mass is 10.1. The van der Waals surface area contributed by atoms with Crippen molar-refractivity contribution in [3.8, 4) is 0 Å². The number of hydrogen-bond donors (Lipinski definition) is 3. The van der Waals surface area contributed by atoms with Gasteiger partial charge in [-0.3, -0.25) is 4.99 Å². The maximum Gasteiger partial charge on any atom is 0.287 e. The number of rotatable bonds is 4. The van der Waals surface area contributed by atoms with Gasteiger partial charge in [-0.1, -0.05) is 15.3 Å². The Labute approximate surface area is 118 Å². The molecule has 0 fully saturated rings. The molecule has 0 aromatic heterocycles. The Hall–Kier alpha value is -1.81. The van der Waals surface area contributed by atoms with Crippen molar-refractivity contribution < 1.29 is 8.78 Å². The van der Waals surface area contributed by atoms with E-state index in [0.29, 0.717) is 16.9 Å². The van der Waals surface area contributed by atoms with Crippen LogP contribution in [0.1, 0.15) is 12.5 Å². The number of nitrogens with zero attached hydrogens (tertiary/aromatic N) is 1. The van der Waals surface area contributed by atoms with Crippen LogP contribution in [0.5, 0.6) is 0 Å². The first kappa shape index (κ1) is 16.2. The van der Waals surface area contributed by atoms with Crippen LogP contribution in [0.25, 0.3) is 0 Å². The zero-order valence-corrected chi connectivity index (χ0v) is 12.4. The number of alkyl halides is 2. The zero-order valence-electron chi connectivity index (χ0n) is 11.2. The highest BCUT2D eigenvalue weighted by atomic mass is 31.0. The highest BCUT2D eigenvalue weighted by molar-refractivity contribution is 7.18. The predicted octanol–water partition coefficient (Wildman–Crippen LogP) is 3.12. The maximum absolute atomic E-state index is 13.5. The number of aliphatic imine (C=N–C) groups is 1. The van der Waals surface area contributed by atoms with E-state index in [0.717, 1.165) is 6.21 Å². The predicted molar refractivity (Wildman–Crippen MR) is 84.1 cm³/mol. The third-order valence-corrected chi connectivity index (χ3v) is 2.94. The molecule has 0 aliphatic heterocycles. The van der Waals surface area contributed by atoms with Gasteiger partial charge in [0, 0.05) is 30.2 Å². The summed E-state index contributed by atoms with van der Waals surface area (Å²) in [4.78, 5) is 3.85. The first-order chi connectivity index (χ1) is 9.33. The number of allylic oxidation sites excluding steroid dienone is 1. The molecule has 0 spiro atoms. The van der Waals surface area contributed by atoms with E-state index in [-0.39, 0.29) is 11.4 Å². The van der Waals surface area contributed by atoms with Gasteiger partial charge in [0.15, 0.2) is 0 Å². The Balaban J connectivity index is 3.10. The van der Waals surface area contributed by atoms with Crippen LogP contribution < -0.4 is 11.1 Å². The van der Waals surface area contributed by atoms with E-state index >= 15 is 0 Å². The molecule has 4 N–H and O–H groups in total. The third kappa shape index (κ3) is 3.84. The summed E-state index contributed by atoms with van der Waals surface area (Å²) >= 11 is 0. The van der Waals surface area contributed by atoms with Gasteiger partial charge in [0.1, 0.15) is 5.84 Å². The summed E-state index contributed by atoms with van der Waals surface area (Å²) in [6.45, 7) is 1.52. The zero-order chi connectivity index (χ0) is 15.3. The summed E-state index contributed by atoms with van der Waals surface area (Å²) in [5.74, 6) is 0.0632. The van der Waals surface area contributed by atoms with Gasteiger partial charge in [-0.05, 0) is 25.1 Å². The van der Waals surface area contributed by atoms with E-state index in [1.54, 1.807) is 18.2 Å². The topological polar surface area (TPSA) is 74.3 Å². The number of benzene rings is 1. The fourth-order valence-corrected chi connectivity index (χ4v) is 1.95. The van der Waals surface area contributed by atoms with Crippen LogP contribution in [0.3, 0.4) is 0 Å². The molecule has 0 aliphatic rings. The first-order valence-corrected chi connectivity index (χ1v) is 6.38. The Morgan fingerprint density at radius 2 is 2.15 bits per heavy atom. The van der Waals surface area contributed by atoms with Crippen molar-refractivity contribution in [2.75, 3.05) is 18.1 Å². The third-order valence-electron chi connectivity index (χ3n) is 2.63. The molecule has 108 valence electrons. The molecule has 4 nitrogen and oxygen atoms in total. The molecule has 0 bridgehead atoms. The average molecular weight is 298 g/mol. The van der Waals surface area contributed by atoms with Gasteiger partial charge in [0.2, 0.25) is 0 Å². The van der Waals surface area contributed by atoms with Crippen LogP contribution in [0, 0.1) is 5.41 Å². The number of nitrogens with one attached hydrogen (secondary N) is 2. The van der Waals surface area contributed by atoms with Crippen LogP contribution in [0.15, 0.2) is 34.8 Å². The molecule has 0 heterocycles. The number of halogens is 2. The molecule has 0 saturated heterocycles. The quantitative estimate of drug-likeness (QED) is 0.346. The van der Waals surface area contributed by atoms with E-state index in [2.05, 4.69) is 10.3 Å². The van der Waals surface area contributed by atoms with Gasteiger partial charge >= 0.3 is 0 Å². The van der Waals surface area contributed by atoms with E-state index in [1.165, 1.54) is 29.3 Å². The van der Waals surface area contributed by atoms with Crippen LogP contribution in [-0.2, 0) is 0 Å². The Morgan fingerprint density at radius 3 is 2.60 bits per heavy atom. The SMILES string of the molecule is C/C=C(\C(=NC)Nc1ccc(N)c(C=N)c1)C(F)(F)P. The van der Waals surface area contributed by atoms with E-state index in [1.807, 2.05) is 0 Å². The Bertz CT molecular complexity index is 562. The van der Waals surface area contributed by atoms with Crippen molar-refractivity contribution in [2.45, 2.75) is 12.6 Å². The van der Waals surface area contributed by atoms with Gasteiger partial charge < -0.3 is 16.5 Å².